The van der Waals surface area contributed by atoms with Crippen molar-refractivity contribution in [3.05, 3.63) is 47.0 Å². The molecule has 0 saturated heterocycles. The van der Waals surface area contributed by atoms with E-state index in [0.29, 0.717) is 13.0 Å². The molecule has 2 N–H and O–H groups in total. The normalized spacial score (nSPS) is 19.5. The molecule has 1 aromatic carbocycles. The Morgan fingerprint density at radius 3 is 2.88 bits per heavy atom. The smallest absolute Gasteiger partial charge is 0.234 e. The number of rotatable bonds is 5. The minimum Gasteiger partial charge on any atom is -0.390 e. The van der Waals surface area contributed by atoms with E-state index in [4.69, 9.17) is 0 Å². The second-order valence-corrected chi connectivity index (χ2v) is 6.41. The van der Waals surface area contributed by atoms with Gasteiger partial charge in [-0.3, -0.25) is 9.69 Å². The van der Waals surface area contributed by atoms with Crippen molar-refractivity contribution in [3.8, 4) is 0 Å². The van der Waals surface area contributed by atoms with Gasteiger partial charge in [0.25, 0.3) is 0 Å². The van der Waals surface area contributed by atoms with Crippen molar-refractivity contribution in [2.24, 2.45) is 7.05 Å². The van der Waals surface area contributed by atoms with Crippen LogP contribution in [0.3, 0.4) is 0 Å². The summed E-state index contributed by atoms with van der Waals surface area (Å²) in [6.07, 6.45) is 0.00729. The van der Waals surface area contributed by atoms with Gasteiger partial charge in [-0.25, -0.2) is 0 Å². The molecule has 0 spiro atoms. The number of fused-ring (bicyclic) bond motifs is 1. The first kappa shape index (κ1) is 16.6. The Kier molecular flexibility index (Phi) is 4.64. The van der Waals surface area contributed by atoms with Gasteiger partial charge in [-0.05, 0) is 25.1 Å². The molecule has 7 nitrogen and oxygen atoms in total. The molecule has 1 aliphatic rings. The molecule has 1 amide bonds. The van der Waals surface area contributed by atoms with Crippen LogP contribution in [0.1, 0.15) is 28.8 Å². The summed E-state index contributed by atoms with van der Waals surface area (Å²) < 4.78 is 1.91. The van der Waals surface area contributed by atoms with Crippen LogP contribution in [0.2, 0.25) is 0 Å². The van der Waals surface area contributed by atoms with Crippen LogP contribution in [-0.2, 0) is 24.8 Å². The molecule has 0 fully saturated rings. The second kappa shape index (κ2) is 6.70. The summed E-state index contributed by atoms with van der Waals surface area (Å²) in [5, 5.41) is 21.3. The zero-order valence-corrected chi connectivity index (χ0v) is 14.2. The van der Waals surface area contributed by atoms with E-state index >= 15 is 0 Å². The van der Waals surface area contributed by atoms with E-state index in [9.17, 15) is 9.90 Å². The Hall–Kier alpha value is -2.25. The summed E-state index contributed by atoms with van der Waals surface area (Å²) >= 11 is 0. The summed E-state index contributed by atoms with van der Waals surface area (Å²) in [5.74, 6) is 1.54. The van der Waals surface area contributed by atoms with Crippen molar-refractivity contribution in [3.63, 3.8) is 0 Å². The topological polar surface area (TPSA) is 83.3 Å². The Balaban J connectivity index is 1.59. The quantitative estimate of drug-likeness (QED) is 0.826. The first-order valence-electron chi connectivity index (χ1n) is 8.04. The number of carbonyl (C=O) groups excluding carboxylic acids is 1. The van der Waals surface area contributed by atoms with E-state index in [2.05, 4.69) is 15.5 Å². The van der Waals surface area contributed by atoms with Crippen LogP contribution < -0.4 is 5.32 Å². The van der Waals surface area contributed by atoms with Gasteiger partial charge in [0.2, 0.25) is 5.91 Å². The van der Waals surface area contributed by atoms with Crippen LogP contribution in [0.5, 0.6) is 0 Å². The zero-order valence-electron chi connectivity index (χ0n) is 14.2. The highest BCUT2D eigenvalue weighted by atomic mass is 16.3. The van der Waals surface area contributed by atoms with Crippen LogP contribution >= 0.6 is 0 Å². The molecule has 0 aliphatic heterocycles. The number of amides is 1. The van der Waals surface area contributed by atoms with Gasteiger partial charge < -0.3 is 15.0 Å². The fourth-order valence-corrected chi connectivity index (χ4v) is 3.10. The van der Waals surface area contributed by atoms with Gasteiger partial charge in [-0.2, -0.15) is 0 Å². The lowest BCUT2D eigenvalue weighted by Gasteiger charge is -2.21. The first-order valence-corrected chi connectivity index (χ1v) is 8.04. The number of nitrogens with one attached hydrogen (secondary N) is 1. The van der Waals surface area contributed by atoms with E-state index in [1.165, 1.54) is 0 Å². The second-order valence-electron chi connectivity index (χ2n) is 6.41. The SMILES string of the molecule is Cc1nnc(CN(C)CC(=O)NC2c3ccccc3CC2O)n1C. The molecule has 2 unspecified atom stereocenters. The summed E-state index contributed by atoms with van der Waals surface area (Å²) in [4.78, 5) is 14.2. The number of aliphatic hydroxyl groups is 1. The summed E-state index contributed by atoms with van der Waals surface area (Å²) in [6, 6.07) is 7.50. The molecule has 3 rings (SSSR count). The largest absolute Gasteiger partial charge is 0.390 e. The third kappa shape index (κ3) is 3.32. The van der Waals surface area contributed by atoms with E-state index in [0.717, 1.165) is 22.8 Å². The molecule has 2 aromatic rings. The summed E-state index contributed by atoms with van der Waals surface area (Å²) in [5.41, 5.74) is 2.10. The highest BCUT2D eigenvalue weighted by Gasteiger charge is 2.31. The van der Waals surface area contributed by atoms with Gasteiger partial charge in [0.15, 0.2) is 0 Å². The van der Waals surface area contributed by atoms with Crippen molar-refractivity contribution in [1.82, 2.24) is 25.0 Å². The van der Waals surface area contributed by atoms with Crippen molar-refractivity contribution in [2.75, 3.05) is 13.6 Å². The molecule has 7 heteroatoms. The molecule has 24 heavy (non-hydrogen) atoms. The maximum atomic E-state index is 12.3. The van der Waals surface area contributed by atoms with E-state index in [1.807, 2.05) is 54.8 Å². The van der Waals surface area contributed by atoms with Crippen molar-refractivity contribution in [1.29, 1.82) is 0 Å². The van der Waals surface area contributed by atoms with Gasteiger partial charge in [0, 0.05) is 13.5 Å². The third-order valence-corrected chi connectivity index (χ3v) is 4.53. The number of hydrogen-bond acceptors (Lipinski definition) is 5. The molecule has 128 valence electrons. The van der Waals surface area contributed by atoms with E-state index < -0.39 is 6.10 Å². The average Bonchev–Trinajstić information content (AvgIpc) is 3.01. The molecule has 0 radical (unpaired) electrons. The molecule has 0 saturated carbocycles. The van der Waals surface area contributed by atoms with Gasteiger partial charge in [-0.1, -0.05) is 24.3 Å². The predicted octanol–water partition coefficient (Wildman–Crippen LogP) is 0.330. The highest BCUT2D eigenvalue weighted by molar-refractivity contribution is 5.78. The maximum absolute atomic E-state index is 12.3. The number of benzene rings is 1. The number of nitrogens with zero attached hydrogens (tertiary/aromatic N) is 4. The van der Waals surface area contributed by atoms with Gasteiger partial charge in [0.05, 0.1) is 25.2 Å². The summed E-state index contributed by atoms with van der Waals surface area (Å²) in [6.45, 7) is 2.66. The molecule has 1 heterocycles. The number of hydrogen-bond donors (Lipinski definition) is 2. The standard InChI is InChI=1S/C17H23N5O2/c1-11-19-20-15(22(11)3)9-21(2)10-16(24)18-17-13-7-5-4-6-12(13)8-14(17)23/h4-7,14,17,23H,8-10H2,1-3H3,(H,18,24). The van der Waals surface area contributed by atoms with Crippen LogP contribution in [0.25, 0.3) is 0 Å². The minimum atomic E-state index is -0.571. The molecular weight excluding hydrogens is 306 g/mol. The van der Waals surface area contributed by atoms with Crippen LogP contribution in [0.15, 0.2) is 24.3 Å². The number of aromatic nitrogens is 3. The highest BCUT2D eigenvalue weighted by Crippen LogP contribution is 2.31. The van der Waals surface area contributed by atoms with Crippen molar-refractivity contribution >= 4 is 5.91 Å². The Morgan fingerprint density at radius 2 is 2.17 bits per heavy atom. The lowest BCUT2D eigenvalue weighted by molar-refractivity contribution is -0.123. The predicted molar refractivity (Wildman–Crippen MR) is 89.1 cm³/mol. The fraction of sp³-hybridized carbons (Fsp3) is 0.471. The average molecular weight is 329 g/mol. The minimum absolute atomic E-state index is 0.114. The first-order chi connectivity index (χ1) is 11.5. The maximum Gasteiger partial charge on any atom is 0.234 e. The van der Waals surface area contributed by atoms with Gasteiger partial charge in [0.1, 0.15) is 11.6 Å². The lowest BCUT2D eigenvalue weighted by atomic mass is 10.1. The molecule has 2 atom stereocenters. The molecular formula is C17H23N5O2. The number of likely N-dealkylation sites (N-methyl/N-ethyl adjacent to an activating group) is 1. The number of carbonyl (C=O) groups is 1. The monoisotopic (exact) mass is 329 g/mol. The van der Waals surface area contributed by atoms with Crippen LogP contribution in [0, 0.1) is 6.92 Å². The fourth-order valence-electron chi connectivity index (χ4n) is 3.10. The van der Waals surface area contributed by atoms with Crippen molar-refractivity contribution in [2.45, 2.75) is 32.0 Å². The van der Waals surface area contributed by atoms with E-state index in [1.54, 1.807) is 0 Å². The van der Waals surface area contributed by atoms with Gasteiger partial charge >= 0.3 is 0 Å². The third-order valence-electron chi connectivity index (χ3n) is 4.53. The van der Waals surface area contributed by atoms with E-state index in [-0.39, 0.29) is 18.5 Å². The molecule has 1 aliphatic carbocycles. The lowest BCUT2D eigenvalue weighted by Crippen LogP contribution is -2.40. The number of aliphatic hydroxyl groups excluding tert-OH is 1. The van der Waals surface area contributed by atoms with Gasteiger partial charge in [-0.15, -0.1) is 10.2 Å². The Morgan fingerprint density at radius 1 is 1.42 bits per heavy atom. The van der Waals surface area contributed by atoms with Crippen LogP contribution in [0.4, 0.5) is 0 Å². The summed E-state index contributed by atoms with van der Waals surface area (Å²) in [7, 11) is 3.77. The van der Waals surface area contributed by atoms with Crippen molar-refractivity contribution < 1.29 is 9.90 Å². The Bertz CT molecular complexity index is 742. The molecule has 1 aromatic heterocycles. The number of aryl methyl sites for hydroxylation is 1. The van der Waals surface area contributed by atoms with Crippen LogP contribution in [-0.4, -0.2) is 50.4 Å². The molecule has 0 bridgehead atoms. The Labute approximate surface area is 141 Å². The zero-order chi connectivity index (χ0) is 17.3.